The molecule has 5 nitrogen and oxygen atoms in total. The molecule has 0 atom stereocenters. The first-order valence-corrected chi connectivity index (χ1v) is 9.18. The van der Waals surface area contributed by atoms with Crippen molar-refractivity contribution in [2.75, 3.05) is 19.3 Å². The molecule has 118 valence electrons. The van der Waals surface area contributed by atoms with Gasteiger partial charge in [-0.05, 0) is 51.3 Å². The first-order valence-electron chi connectivity index (χ1n) is 7.57. The highest BCUT2D eigenvalue weighted by molar-refractivity contribution is 7.89. The molecule has 0 aromatic carbocycles. The molecule has 1 heterocycles. The van der Waals surface area contributed by atoms with Crippen LogP contribution < -0.4 is 5.32 Å². The zero-order valence-corrected chi connectivity index (χ0v) is 13.7. The van der Waals surface area contributed by atoms with Crippen LogP contribution in [0.2, 0.25) is 0 Å². The highest BCUT2D eigenvalue weighted by atomic mass is 32.2. The van der Waals surface area contributed by atoms with Gasteiger partial charge in [0.05, 0.1) is 18.0 Å². The number of unbranched alkanes of at least 4 members (excludes halogenated alkanes) is 1. The minimum absolute atomic E-state index is 0.210. The van der Waals surface area contributed by atoms with E-state index >= 15 is 0 Å². The smallest absolute Gasteiger partial charge is 0.214 e. The Hall–Kier alpha value is -0.980. The Labute approximate surface area is 127 Å². The van der Waals surface area contributed by atoms with Crippen LogP contribution in [0.4, 0.5) is 0 Å². The van der Waals surface area contributed by atoms with Crippen LogP contribution >= 0.6 is 0 Å². The average molecular weight is 311 g/mol. The molecule has 6 heteroatoms. The van der Waals surface area contributed by atoms with Crippen molar-refractivity contribution in [1.82, 2.24) is 14.6 Å². The van der Waals surface area contributed by atoms with E-state index in [9.17, 15) is 8.42 Å². The number of rotatable bonds is 9. The van der Waals surface area contributed by atoms with Crippen molar-refractivity contribution in [3.05, 3.63) is 29.6 Å². The number of sulfonamides is 1. The SMILES string of the molecule is Cc1cccc(CN(C)S(=O)(=O)CCCCNC2CC2)n1. The van der Waals surface area contributed by atoms with E-state index in [0.29, 0.717) is 19.0 Å². The van der Waals surface area contributed by atoms with Crippen LogP contribution in [0, 0.1) is 6.92 Å². The van der Waals surface area contributed by atoms with Gasteiger partial charge in [-0.2, -0.15) is 4.31 Å². The van der Waals surface area contributed by atoms with Gasteiger partial charge in [0.25, 0.3) is 0 Å². The van der Waals surface area contributed by atoms with Crippen molar-refractivity contribution in [3.63, 3.8) is 0 Å². The Morgan fingerprint density at radius 3 is 2.76 bits per heavy atom. The molecular weight excluding hydrogens is 286 g/mol. The molecule has 1 aliphatic carbocycles. The number of pyridine rings is 1. The fourth-order valence-corrected chi connectivity index (χ4v) is 3.38. The van der Waals surface area contributed by atoms with Gasteiger partial charge >= 0.3 is 0 Å². The molecule has 0 unspecified atom stereocenters. The Balaban J connectivity index is 1.74. The zero-order valence-electron chi connectivity index (χ0n) is 12.9. The molecule has 0 radical (unpaired) electrons. The predicted molar refractivity (Wildman–Crippen MR) is 84.5 cm³/mol. The number of aryl methyl sites for hydroxylation is 1. The maximum absolute atomic E-state index is 12.2. The maximum Gasteiger partial charge on any atom is 0.214 e. The van der Waals surface area contributed by atoms with Crippen LogP contribution in [0.3, 0.4) is 0 Å². The summed E-state index contributed by atoms with van der Waals surface area (Å²) in [6, 6.07) is 6.36. The molecule has 1 aromatic rings. The maximum atomic E-state index is 12.2. The van der Waals surface area contributed by atoms with E-state index in [0.717, 1.165) is 24.4 Å². The fourth-order valence-electron chi connectivity index (χ4n) is 2.17. The van der Waals surface area contributed by atoms with Gasteiger partial charge in [0, 0.05) is 18.8 Å². The summed E-state index contributed by atoms with van der Waals surface area (Å²) < 4.78 is 25.8. The fraction of sp³-hybridized carbons (Fsp3) is 0.667. The van der Waals surface area contributed by atoms with Crippen LogP contribution in [0.15, 0.2) is 18.2 Å². The molecule has 1 N–H and O–H groups in total. The van der Waals surface area contributed by atoms with Crippen LogP contribution in [0.25, 0.3) is 0 Å². The Morgan fingerprint density at radius 2 is 2.10 bits per heavy atom. The van der Waals surface area contributed by atoms with Gasteiger partial charge in [-0.3, -0.25) is 4.98 Å². The first kappa shape index (κ1) is 16.4. The summed E-state index contributed by atoms with van der Waals surface area (Å²) in [4.78, 5) is 4.35. The predicted octanol–water partition coefficient (Wildman–Crippen LogP) is 1.68. The van der Waals surface area contributed by atoms with Gasteiger partial charge < -0.3 is 5.32 Å². The zero-order chi connectivity index (χ0) is 15.3. The standard InChI is InChI=1S/C15H25N3O2S/c1-13-6-5-7-15(17-13)12-18(2)21(19,20)11-4-3-10-16-14-8-9-14/h5-7,14,16H,3-4,8-12H2,1-2H3. The number of hydrogen-bond acceptors (Lipinski definition) is 4. The third-order valence-electron chi connectivity index (χ3n) is 3.64. The van der Waals surface area contributed by atoms with Crippen LogP contribution in [0.1, 0.15) is 37.1 Å². The summed E-state index contributed by atoms with van der Waals surface area (Å²) in [6.07, 6.45) is 4.15. The number of nitrogens with one attached hydrogen (secondary N) is 1. The van der Waals surface area contributed by atoms with Crippen LogP contribution in [-0.2, 0) is 16.6 Å². The molecule has 0 amide bonds. The molecule has 0 spiro atoms. The monoisotopic (exact) mass is 311 g/mol. The molecule has 0 aliphatic heterocycles. The summed E-state index contributed by atoms with van der Waals surface area (Å²) in [5, 5.41) is 3.40. The molecule has 1 saturated carbocycles. The summed E-state index contributed by atoms with van der Waals surface area (Å²) in [5.74, 6) is 0.210. The third kappa shape index (κ3) is 5.73. The minimum atomic E-state index is -3.19. The normalized spacial score (nSPS) is 15.6. The van der Waals surface area contributed by atoms with Crippen LogP contribution in [0.5, 0.6) is 0 Å². The first-order chi connectivity index (χ1) is 9.97. The van der Waals surface area contributed by atoms with Crippen LogP contribution in [-0.4, -0.2) is 43.1 Å². The van der Waals surface area contributed by atoms with Gasteiger partial charge in [-0.1, -0.05) is 6.07 Å². The van der Waals surface area contributed by atoms with E-state index in [4.69, 9.17) is 0 Å². The highest BCUT2D eigenvalue weighted by Gasteiger charge is 2.20. The van der Waals surface area contributed by atoms with E-state index in [1.165, 1.54) is 17.1 Å². The second-order valence-electron chi connectivity index (χ2n) is 5.78. The van der Waals surface area contributed by atoms with Crippen molar-refractivity contribution in [2.45, 2.75) is 45.2 Å². The van der Waals surface area contributed by atoms with E-state index in [2.05, 4.69) is 10.3 Å². The number of aromatic nitrogens is 1. The summed E-state index contributed by atoms with van der Waals surface area (Å²) in [7, 11) is -1.56. The van der Waals surface area contributed by atoms with Gasteiger partial charge in [-0.15, -0.1) is 0 Å². The Morgan fingerprint density at radius 1 is 1.33 bits per heavy atom. The largest absolute Gasteiger partial charge is 0.314 e. The molecule has 21 heavy (non-hydrogen) atoms. The molecule has 1 aromatic heterocycles. The number of nitrogens with zero attached hydrogens (tertiary/aromatic N) is 2. The summed E-state index contributed by atoms with van der Waals surface area (Å²) in [6.45, 7) is 3.17. The second-order valence-corrected chi connectivity index (χ2v) is 7.97. The Bertz CT molecular complexity index is 556. The van der Waals surface area contributed by atoms with Gasteiger partial charge in [0.1, 0.15) is 0 Å². The van der Waals surface area contributed by atoms with E-state index < -0.39 is 10.0 Å². The minimum Gasteiger partial charge on any atom is -0.314 e. The lowest BCUT2D eigenvalue weighted by atomic mass is 10.3. The molecule has 0 bridgehead atoms. The molecular formula is C15H25N3O2S. The van der Waals surface area contributed by atoms with Crippen molar-refractivity contribution in [1.29, 1.82) is 0 Å². The van der Waals surface area contributed by atoms with Crippen molar-refractivity contribution in [2.24, 2.45) is 0 Å². The van der Waals surface area contributed by atoms with Crippen molar-refractivity contribution in [3.8, 4) is 0 Å². The van der Waals surface area contributed by atoms with Gasteiger partial charge in [-0.25, -0.2) is 8.42 Å². The third-order valence-corrected chi connectivity index (χ3v) is 5.53. The lowest BCUT2D eigenvalue weighted by Crippen LogP contribution is -2.29. The van der Waals surface area contributed by atoms with E-state index in [-0.39, 0.29) is 5.75 Å². The van der Waals surface area contributed by atoms with Crippen molar-refractivity contribution < 1.29 is 8.42 Å². The van der Waals surface area contributed by atoms with Crippen molar-refractivity contribution >= 4 is 10.0 Å². The second kappa shape index (κ2) is 7.33. The quantitative estimate of drug-likeness (QED) is 0.705. The summed E-state index contributed by atoms with van der Waals surface area (Å²) in [5.41, 5.74) is 1.70. The average Bonchev–Trinajstić information content (AvgIpc) is 3.22. The highest BCUT2D eigenvalue weighted by Crippen LogP contribution is 2.18. The molecule has 0 saturated heterocycles. The van der Waals surface area contributed by atoms with Gasteiger partial charge in [0.2, 0.25) is 10.0 Å². The molecule has 2 rings (SSSR count). The van der Waals surface area contributed by atoms with Gasteiger partial charge in [0.15, 0.2) is 0 Å². The Kier molecular flexibility index (Phi) is 5.72. The lowest BCUT2D eigenvalue weighted by Gasteiger charge is -2.17. The molecule has 1 aliphatic rings. The topological polar surface area (TPSA) is 62.3 Å². The van der Waals surface area contributed by atoms with E-state index in [1.54, 1.807) is 7.05 Å². The van der Waals surface area contributed by atoms with E-state index in [1.807, 2.05) is 25.1 Å². The molecule has 1 fully saturated rings. The number of hydrogen-bond donors (Lipinski definition) is 1. The lowest BCUT2D eigenvalue weighted by molar-refractivity contribution is 0.459. The summed E-state index contributed by atoms with van der Waals surface area (Å²) >= 11 is 0.